The van der Waals surface area contributed by atoms with Crippen molar-refractivity contribution < 1.29 is 24.2 Å². The number of hydrogen-bond acceptors (Lipinski definition) is 0. The summed E-state index contributed by atoms with van der Waals surface area (Å²) in [4.78, 5) is 0. The molecule has 1 atom stereocenters. The number of rotatable bonds is 1. The van der Waals surface area contributed by atoms with E-state index >= 15 is 0 Å². The number of allylic oxidation sites excluding steroid dienone is 4. The summed E-state index contributed by atoms with van der Waals surface area (Å²) in [5, 5.41) is 0. The Kier molecular flexibility index (Phi) is 8.77. The summed E-state index contributed by atoms with van der Waals surface area (Å²) in [6, 6.07) is 26.7. The van der Waals surface area contributed by atoms with E-state index in [0.717, 1.165) is 6.42 Å². The average Bonchev–Trinajstić information content (AvgIpc) is 3.34. The van der Waals surface area contributed by atoms with Gasteiger partial charge in [0.05, 0.1) is 0 Å². The third kappa shape index (κ3) is 6.94. The predicted molar refractivity (Wildman–Crippen MR) is 139 cm³/mol. The van der Waals surface area contributed by atoms with Crippen LogP contribution >= 0.6 is 0 Å². The van der Waals surface area contributed by atoms with Gasteiger partial charge in [-0.15, -0.1) is 5.56 Å². The minimum absolute atomic E-state index is 0.293. The van der Waals surface area contributed by atoms with Crippen molar-refractivity contribution in [3.8, 4) is 11.1 Å². The SMILES string of the molecule is CC1=[C-]C(C)C=C1C(C)(C)C.Cc1ccc([CH]=[Zr+2])cc1.[c-]1cccc2c1Cc1ccccc1-2. The molecule has 0 radical (unpaired) electrons. The van der Waals surface area contributed by atoms with Crippen LogP contribution in [0.15, 0.2) is 84.0 Å². The smallest absolute Gasteiger partial charge is 0.0253 e. The van der Waals surface area contributed by atoms with Crippen LogP contribution in [-0.2, 0) is 30.7 Å². The summed E-state index contributed by atoms with van der Waals surface area (Å²) >= 11 is 1.47. The van der Waals surface area contributed by atoms with Gasteiger partial charge in [-0.25, -0.2) is 5.57 Å². The number of fused-ring (bicyclic) bond motifs is 3. The second kappa shape index (κ2) is 11.3. The largest absolute Gasteiger partial charge is 0.179 e. The second-order valence-corrected chi connectivity index (χ2v) is 10.5. The first-order valence-electron chi connectivity index (χ1n) is 11.7. The van der Waals surface area contributed by atoms with E-state index in [1.54, 1.807) is 0 Å². The Labute approximate surface area is 215 Å². The zero-order valence-corrected chi connectivity index (χ0v) is 23.2. The first-order chi connectivity index (χ1) is 15.7. The fourth-order valence-corrected chi connectivity index (χ4v) is 4.78. The van der Waals surface area contributed by atoms with Crippen LogP contribution < -0.4 is 0 Å². The van der Waals surface area contributed by atoms with Crippen molar-refractivity contribution in [1.82, 2.24) is 0 Å². The molecule has 0 fully saturated rings. The van der Waals surface area contributed by atoms with Gasteiger partial charge in [0.2, 0.25) is 0 Å². The Morgan fingerprint density at radius 1 is 0.909 bits per heavy atom. The van der Waals surface area contributed by atoms with E-state index in [-0.39, 0.29) is 0 Å². The molecule has 0 bridgehead atoms. The second-order valence-electron chi connectivity index (χ2n) is 9.84. The summed E-state index contributed by atoms with van der Waals surface area (Å²) in [5.41, 5.74) is 11.3. The zero-order chi connectivity index (χ0) is 24.0. The topological polar surface area (TPSA) is 0 Å². The monoisotopic (exact) mass is 508 g/mol. The molecule has 0 aromatic heterocycles. The summed E-state index contributed by atoms with van der Waals surface area (Å²) in [6.07, 6.45) is 6.76. The van der Waals surface area contributed by atoms with Gasteiger partial charge in [0.25, 0.3) is 0 Å². The molecule has 5 rings (SSSR count). The van der Waals surface area contributed by atoms with E-state index in [1.807, 2.05) is 6.07 Å². The quantitative estimate of drug-likeness (QED) is 0.227. The number of aryl methyl sites for hydroxylation is 1. The number of benzene rings is 3. The summed E-state index contributed by atoms with van der Waals surface area (Å²) in [5.74, 6) is 0.518. The van der Waals surface area contributed by atoms with Crippen molar-refractivity contribution in [1.29, 1.82) is 0 Å². The van der Waals surface area contributed by atoms with E-state index < -0.39 is 0 Å². The maximum atomic E-state index is 3.40. The van der Waals surface area contributed by atoms with Gasteiger partial charge in [-0.2, -0.15) is 41.5 Å². The molecule has 0 saturated heterocycles. The Morgan fingerprint density at radius 2 is 1.58 bits per heavy atom. The van der Waals surface area contributed by atoms with Crippen LogP contribution in [0.25, 0.3) is 11.1 Å². The minimum atomic E-state index is 0.293. The molecule has 0 saturated carbocycles. The fourth-order valence-electron chi connectivity index (χ4n) is 4.31. The van der Waals surface area contributed by atoms with E-state index in [0.29, 0.717) is 11.3 Å². The van der Waals surface area contributed by atoms with Crippen LogP contribution in [0.1, 0.15) is 56.9 Å². The van der Waals surface area contributed by atoms with Crippen molar-refractivity contribution in [2.75, 3.05) is 0 Å². The summed E-state index contributed by atoms with van der Waals surface area (Å²) < 4.78 is 2.19. The molecule has 2 aliphatic carbocycles. The first kappa shape index (κ1) is 25.5. The molecule has 2 aliphatic rings. The zero-order valence-electron chi connectivity index (χ0n) is 20.8. The molecule has 3 aromatic carbocycles. The van der Waals surface area contributed by atoms with Gasteiger partial charge in [-0.05, 0) is 6.42 Å². The summed E-state index contributed by atoms with van der Waals surface area (Å²) in [6.45, 7) is 13.2. The normalized spacial score (nSPS) is 15.7. The molecule has 0 N–H and O–H groups in total. The first-order valence-corrected chi connectivity index (χ1v) is 13.1. The molecule has 33 heavy (non-hydrogen) atoms. The fraction of sp³-hybridized carbons (Fsp3) is 0.281. The average molecular weight is 510 g/mol. The Hall–Kier alpha value is -2.11. The van der Waals surface area contributed by atoms with Crippen LogP contribution in [0.5, 0.6) is 0 Å². The molecule has 3 aromatic rings. The molecule has 166 valence electrons. The van der Waals surface area contributed by atoms with Crippen molar-refractivity contribution in [2.24, 2.45) is 11.3 Å². The Morgan fingerprint density at radius 3 is 2.15 bits per heavy atom. The third-order valence-corrected chi connectivity index (χ3v) is 6.75. The molecule has 1 heteroatoms. The van der Waals surface area contributed by atoms with E-state index in [2.05, 4.69) is 124 Å². The molecule has 0 heterocycles. The van der Waals surface area contributed by atoms with E-state index in [4.69, 9.17) is 0 Å². The minimum Gasteiger partial charge on any atom is -0.179 e. The molecule has 0 aliphatic heterocycles. The molecular formula is C32H34Zr. The van der Waals surface area contributed by atoms with Gasteiger partial charge in [0, 0.05) is 0 Å². The molecule has 0 nitrogen and oxygen atoms in total. The van der Waals surface area contributed by atoms with Crippen LogP contribution in [-0.4, -0.2) is 3.71 Å². The molecule has 1 unspecified atom stereocenters. The predicted octanol–water partition coefficient (Wildman–Crippen LogP) is 8.11. The van der Waals surface area contributed by atoms with Gasteiger partial charge < -0.3 is 0 Å². The van der Waals surface area contributed by atoms with Gasteiger partial charge in [-0.1, -0.05) is 81.3 Å². The Bertz CT molecular complexity index is 1110. The van der Waals surface area contributed by atoms with Crippen LogP contribution in [0.3, 0.4) is 0 Å². The standard InChI is InChI=1S/C13H9.C11H17.C8H8.Zr/c1-3-7-12-10(5-1)9-11-6-2-4-8-13(11)12;1-8-6-9(2)10(7-8)11(3,4)5;1-7-3-5-8(2)6-4-7;/h1-5,7-8H,9H2;7-8H,1-5H3;1,3-6H,2H3;/q2*-1;;+2. The molecular weight excluding hydrogens is 476 g/mol. The van der Waals surface area contributed by atoms with Crippen molar-refractivity contribution in [2.45, 2.75) is 48.0 Å². The maximum Gasteiger partial charge on any atom is -0.0253 e. The molecule has 0 spiro atoms. The van der Waals surface area contributed by atoms with Gasteiger partial charge in [-0.3, -0.25) is 6.08 Å². The third-order valence-electron chi connectivity index (χ3n) is 5.93. The van der Waals surface area contributed by atoms with Gasteiger partial charge in [0.1, 0.15) is 0 Å². The maximum absolute atomic E-state index is 3.40. The molecule has 0 amide bonds. The van der Waals surface area contributed by atoms with Crippen molar-refractivity contribution in [3.63, 3.8) is 0 Å². The van der Waals surface area contributed by atoms with Crippen LogP contribution in [0.2, 0.25) is 0 Å². The van der Waals surface area contributed by atoms with E-state index in [1.165, 1.54) is 68.8 Å². The summed E-state index contributed by atoms with van der Waals surface area (Å²) in [7, 11) is 0. The van der Waals surface area contributed by atoms with E-state index in [9.17, 15) is 0 Å². The van der Waals surface area contributed by atoms with Crippen LogP contribution in [0.4, 0.5) is 0 Å². The van der Waals surface area contributed by atoms with Gasteiger partial charge in [0.15, 0.2) is 0 Å². The van der Waals surface area contributed by atoms with Crippen molar-refractivity contribution in [3.05, 3.63) is 118 Å². The van der Waals surface area contributed by atoms with Gasteiger partial charge >= 0.3 is 70.3 Å². The Balaban J connectivity index is 0.000000142. The van der Waals surface area contributed by atoms with Crippen LogP contribution in [0, 0.1) is 30.4 Å². The number of hydrogen-bond donors (Lipinski definition) is 0. The van der Waals surface area contributed by atoms with Crippen molar-refractivity contribution >= 4 is 3.71 Å².